The summed E-state index contributed by atoms with van der Waals surface area (Å²) in [5.74, 6) is 0.812. The summed E-state index contributed by atoms with van der Waals surface area (Å²) >= 11 is 3.33. The number of piperidine rings is 1. The van der Waals surface area contributed by atoms with E-state index >= 15 is 0 Å². The summed E-state index contributed by atoms with van der Waals surface area (Å²) < 4.78 is 11.9. The van der Waals surface area contributed by atoms with Gasteiger partial charge in [0.15, 0.2) is 0 Å². The molecule has 3 rings (SSSR count). The number of halogens is 1. The number of carbonyl (C=O) groups excluding carboxylic acids is 2. The number of benzene rings is 1. The zero-order chi connectivity index (χ0) is 21.3. The molecule has 1 fully saturated rings. The van der Waals surface area contributed by atoms with Crippen LogP contribution < -0.4 is 10.1 Å². The first-order chi connectivity index (χ1) is 14.6. The Kier molecular flexibility index (Phi) is 8.21. The number of para-hydroxylation sites is 1. The third-order valence-corrected chi connectivity index (χ3v) is 5.41. The highest BCUT2D eigenvalue weighted by atomic mass is 79.9. The van der Waals surface area contributed by atoms with Crippen LogP contribution in [0.4, 0.5) is 5.82 Å². The van der Waals surface area contributed by atoms with E-state index in [1.165, 1.54) is 0 Å². The van der Waals surface area contributed by atoms with Crippen LogP contribution in [0.2, 0.25) is 0 Å². The van der Waals surface area contributed by atoms with Crippen molar-refractivity contribution >= 4 is 33.6 Å². The van der Waals surface area contributed by atoms with E-state index in [1.807, 2.05) is 25.1 Å². The highest BCUT2D eigenvalue weighted by Crippen LogP contribution is 2.24. The largest absolute Gasteiger partial charge is 0.490 e. The average Bonchev–Trinajstić information content (AvgIpc) is 2.78. The number of nitrogens with one attached hydrogen (secondary N) is 1. The van der Waals surface area contributed by atoms with E-state index in [9.17, 15) is 9.59 Å². The maximum atomic E-state index is 13.0. The molecule has 0 aliphatic carbocycles. The minimum Gasteiger partial charge on any atom is -0.490 e. The molecule has 1 aliphatic heterocycles. The molecule has 0 radical (unpaired) electrons. The van der Waals surface area contributed by atoms with Gasteiger partial charge in [-0.05, 0) is 60.0 Å². The number of hydrogen-bond donors (Lipinski definition) is 1. The number of nitrogens with zero attached hydrogens (tertiary/aromatic N) is 2. The minimum atomic E-state index is -0.141. The van der Waals surface area contributed by atoms with Crippen molar-refractivity contribution in [1.82, 2.24) is 9.88 Å². The molecule has 8 heteroatoms. The highest BCUT2D eigenvalue weighted by Gasteiger charge is 2.29. The molecular formula is C22H26BrN3O4. The molecule has 160 valence electrons. The third kappa shape index (κ3) is 6.03. The van der Waals surface area contributed by atoms with Crippen LogP contribution in [0.1, 0.15) is 30.1 Å². The van der Waals surface area contributed by atoms with E-state index in [0.717, 1.165) is 4.47 Å². The summed E-state index contributed by atoms with van der Waals surface area (Å²) in [6.45, 7) is 4.48. The number of rotatable bonds is 8. The lowest BCUT2D eigenvalue weighted by atomic mass is 9.95. The van der Waals surface area contributed by atoms with E-state index in [4.69, 9.17) is 9.47 Å². The van der Waals surface area contributed by atoms with Gasteiger partial charge in [0.05, 0.1) is 12.2 Å². The van der Waals surface area contributed by atoms with Gasteiger partial charge in [0, 0.05) is 36.3 Å². The molecule has 0 bridgehead atoms. The van der Waals surface area contributed by atoms with Crippen molar-refractivity contribution in [3.8, 4) is 5.75 Å². The number of pyridine rings is 1. The van der Waals surface area contributed by atoms with Crippen LogP contribution in [0.15, 0.2) is 47.1 Å². The van der Waals surface area contributed by atoms with Crippen molar-refractivity contribution in [3.63, 3.8) is 0 Å². The van der Waals surface area contributed by atoms with E-state index in [1.54, 1.807) is 29.3 Å². The van der Waals surface area contributed by atoms with Crippen LogP contribution in [0, 0.1) is 5.92 Å². The molecule has 2 heterocycles. The molecule has 2 aromatic rings. The van der Waals surface area contributed by atoms with Gasteiger partial charge < -0.3 is 19.7 Å². The Bertz CT molecular complexity index is 852. The van der Waals surface area contributed by atoms with Crippen molar-refractivity contribution in [3.05, 3.63) is 52.6 Å². The van der Waals surface area contributed by atoms with Crippen LogP contribution >= 0.6 is 15.9 Å². The van der Waals surface area contributed by atoms with Gasteiger partial charge in [-0.1, -0.05) is 12.1 Å². The summed E-state index contributed by atoms with van der Waals surface area (Å²) in [6.07, 6.45) is 2.87. The molecule has 0 spiro atoms. The number of hydrogen-bond acceptors (Lipinski definition) is 5. The predicted molar refractivity (Wildman–Crippen MR) is 118 cm³/mol. The minimum absolute atomic E-state index is 0.0587. The van der Waals surface area contributed by atoms with Crippen LogP contribution in [0.25, 0.3) is 0 Å². The molecule has 0 atom stereocenters. The maximum Gasteiger partial charge on any atom is 0.257 e. The standard InChI is InChI=1S/C22H26BrN3O4/c1-2-29-13-14-30-19-6-4-3-5-18(19)22(28)26-11-9-16(10-12-26)21(27)25-20-8-7-17(23)15-24-20/h3-8,15-16H,2,9-14H2,1H3,(H,24,25,27). The van der Waals surface area contributed by atoms with Crippen LogP contribution in [0.3, 0.4) is 0 Å². The van der Waals surface area contributed by atoms with Crippen molar-refractivity contribution in [2.75, 3.05) is 38.2 Å². The van der Waals surface area contributed by atoms with Gasteiger partial charge in [0.2, 0.25) is 5.91 Å². The fraction of sp³-hybridized carbons (Fsp3) is 0.409. The fourth-order valence-electron chi connectivity index (χ4n) is 3.32. The molecule has 2 amide bonds. The lowest BCUT2D eigenvalue weighted by molar-refractivity contribution is -0.121. The first-order valence-corrected chi connectivity index (χ1v) is 10.9. The van der Waals surface area contributed by atoms with E-state index in [2.05, 4.69) is 26.2 Å². The molecule has 1 saturated heterocycles. The van der Waals surface area contributed by atoms with E-state index in [-0.39, 0.29) is 17.7 Å². The Hall–Kier alpha value is -2.45. The molecule has 0 unspecified atom stereocenters. The topological polar surface area (TPSA) is 80.8 Å². The van der Waals surface area contributed by atoms with Gasteiger partial charge in [0.25, 0.3) is 5.91 Å². The second-order valence-electron chi connectivity index (χ2n) is 6.96. The molecule has 1 aromatic carbocycles. The molecule has 7 nitrogen and oxygen atoms in total. The molecular weight excluding hydrogens is 450 g/mol. The molecule has 30 heavy (non-hydrogen) atoms. The number of amides is 2. The van der Waals surface area contributed by atoms with Crippen LogP contribution in [-0.2, 0) is 9.53 Å². The Morgan fingerprint density at radius 3 is 2.63 bits per heavy atom. The number of anilines is 1. The Morgan fingerprint density at radius 2 is 1.93 bits per heavy atom. The van der Waals surface area contributed by atoms with Gasteiger partial charge in [-0.15, -0.1) is 0 Å². The Balaban J connectivity index is 1.54. The lowest BCUT2D eigenvalue weighted by Gasteiger charge is -2.31. The number of ether oxygens (including phenoxy) is 2. The summed E-state index contributed by atoms with van der Waals surface area (Å²) in [5.41, 5.74) is 0.538. The number of carbonyl (C=O) groups is 2. The monoisotopic (exact) mass is 475 g/mol. The van der Waals surface area contributed by atoms with Crippen molar-refractivity contribution < 1.29 is 19.1 Å². The van der Waals surface area contributed by atoms with Crippen LogP contribution in [0.5, 0.6) is 5.75 Å². The second-order valence-corrected chi connectivity index (χ2v) is 7.87. The average molecular weight is 476 g/mol. The molecule has 0 saturated carbocycles. The first kappa shape index (κ1) is 22.2. The second kappa shape index (κ2) is 11.1. The Morgan fingerprint density at radius 1 is 1.17 bits per heavy atom. The van der Waals surface area contributed by atoms with Crippen molar-refractivity contribution in [2.24, 2.45) is 5.92 Å². The van der Waals surface area contributed by atoms with Crippen molar-refractivity contribution in [1.29, 1.82) is 0 Å². The van der Waals surface area contributed by atoms with E-state index in [0.29, 0.717) is 62.9 Å². The van der Waals surface area contributed by atoms with Gasteiger partial charge >= 0.3 is 0 Å². The molecule has 1 aliphatic rings. The van der Waals surface area contributed by atoms with Gasteiger partial charge in [-0.3, -0.25) is 9.59 Å². The zero-order valence-corrected chi connectivity index (χ0v) is 18.6. The third-order valence-electron chi connectivity index (χ3n) is 4.94. The first-order valence-electron chi connectivity index (χ1n) is 10.1. The zero-order valence-electron chi connectivity index (χ0n) is 17.0. The summed E-state index contributed by atoms with van der Waals surface area (Å²) in [7, 11) is 0. The van der Waals surface area contributed by atoms with Gasteiger partial charge in [-0.25, -0.2) is 4.98 Å². The Labute approximate surface area is 184 Å². The van der Waals surface area contributed by atoms with Crippen molar-refractivity contribution in [2.45, 2.75) is 19.8 Å². The summed E-state index contributed by atoms with van der Waals surface area (Å²) in [6, 6.07) is 10.8. The smallest absolute Gasteiger partial charge is 0.257 e. The fourth-order valence-corrected chi connectivity index (χ4v) is 3.55. The maximum absolute atomic E-state index is 13.0. The summed E-state index contributed by atoms with van der Waals surface area (Å²) in [5, 5.41) is 2.85. The SMILES string of the molecule is CCOCCOc1ccccc1C(=O)N1CCC(C(=O)Nc2ccc(Br)cn2)CC1. The summed E-state index contributed by atoms with van der Waals surface area (Å²) in [4.78, 5) is 31.5. The van der Waals surface area contributed by atoms with E-state index < -0.39 is 0 Å². The lowest BCUT2D eigenvalue weighted by Crippen LogP contribution is -2.41. The molecule has 1 aromatic heterocycles. The quantitative estimate of drug-likeness (QED) is 0.587. The van der Waals surface area contributed by atoms with Gasteiger partial charge in [-0.2, -0.15) is 0 Å². The number of likely N-dealkylation sites (tertiary alicyclic amines) is 1. The number of aromatic nitrogens is 1. The highest BCUT2D eigenvalue weighted by molar-refractivity contribution is 9.10. The molecule has 1 N–H and O–H groups in total. The predicted octanol–water partition coefficient (Wildman–Crippen LogP) is 3.75. The van der Waals surface area contributed by atoms with Gasteiger partial charge in [0.1, 0.15) is 18.2 Å². The normalized spacial score (nSPS) is 14.4. The van der Waals surface area contributed by atoms with Crippen LogP contribution in [-0.4, -0.2) is 54.6 Å².